The van der Waals surface area contributed by atoms with Crippen LogP contribution in [0.3, 0.4) is 0 Å². The summed E-state index contributed by atoms with van der Waals surface area (Å²) in [6.45, 7) is 0. The van der Waals surface area contributed by atoms with E-state index in [1.165, 1.54) is 0 Å². The summed E-state index contributed by atoms with van der Waals surface area (Å²) >= 11 is 0. The highest BCUT2D eigenvalue weighted by Crippen LogP contribution is 2.24. The number of nitrogen functional groups attached to an aromatic ring is 1. The molecule has 2 aromatic rings. The number of hydrogen-bond acceptors (Lipinski definition) is 5. The molecule has 1 amide bonds. The molecule has 0 aliphatic carbocycles. The first-order valence-corrected chi connectivity index (χ1v) is 5.62. The Hall–Kier alpha value is -2.60. The van der Waals surface area contributed by atoms with Crippen molar-refractivity contribution in [1.29, 1.82) is 0 Å². The second-order valence-electron chi connectivity index (χ2n) is 3.70. The Labute approximate surface area is 110 Å². The summed E-state index contributed by atoms with van der Waals surface area (Å²) < 4.78 is 5.17. The fraction of sp³-hybridized carbons (Fsp3) is 0.0769. The number of nitrogens with one attached hydrogen (secondary N) is 2. The molecule has 0 saturated carbocycles. The number of hydrogen-bond donors (Lipinski definition) is 3. The first kappa shape index (κ1) is 12.8. The van der Waals surface area contributed by atoms with Gasteiger partial charge in [-0.25, -0.2) is 10.8 Å². The maximum absolute atomic E-state index is 12.2. The van der Waals surface area contributed by atoms with Crippen LogP contribution >= 0.6 is 0 Å². The Morgan fingerprint density at radius 3 is 2.79 bits per heavy atom. The van der Waals surface area contributed by atoms with Crippen LogP contribution in [0.2, 0.25) is 0 Å². The third-order valence-electron chi connectivity index (χ3n) is 2.54. The van der Waals surface area contributed by atoms with Crippen LogP contribution in [0.15, 0.2) is 42.6 Å². The van der Waals surface area contributed by atoms with Crippen molar-refractivity contribution in [3.8, 4) is 5.75 Å². The van der Waals surface area contributed by atoms with E-state index >= 15 is 0 Å². The van der Waals surface area contributed by atoms with Gasteiger partial charge in [0, 0.05) is 6.20 Å². The predicted molar refractivity (Wildman–Crippen MR) is 73.0 cm³/mol. The van der Waals surface area contributed by atoms with Crippen LogP contribution in [0.4, 0.5) is 11.5 Å². The van der Waals surface area contributed by atoms with E-state index < -0.39 is 0 Å². The van der Waals surface area contributed by atoms with Crippen LogP contribution < -0.4 is 21.3 Å². The third kappa shape index (κ3) is 2.80. The average Bonchev–Trinajstić information content (AvgIpc) is 2.47. The van der Waals surface area contributed by atoms with Crippen molar-refractivity contribution in [2.75, 3.05) is 17.9 Å². The maximum Gasteiger partial charge on any atom is 0.259 e. The average molecular weight is 258 g/mol. The number of methoxy groups -OCH3 is 1. The van der Waals surface area contributed by atoms with Crippen molar-refractivity contribution >= 4 is 17.4 Å². The first-order valence-electron chi connectivity index (χ1n) is 5.62. The Bertz CT molecular complexity index is 586. The number of aromatic nitrogens is 1. The minimum atomic E-state index is -0.314. The quantitative estimate of drug-likeness (QED) is 0.573. The van der Waals surface area contributed by atoms with E-state index in [-0.39, 0.29) is 5.91 Å². The SMILES string of the molecule is COc1ccccc1NC(=O)c1cccnc1NN. The number of para-hydroxylation sites is 2. The zero-order valence-electron chi connectivity index (χ0n) is 10.4. The molecule has 0 aliphatic rings. The molecule has 4 N–H and O–H groups in total. The molecule has 0 spiro atoms. The molecule has 0 saturated heterocycles. The molecule has 0 aliphatic heterocycles. The number of pyridine rings is 1. The lowest BCUT2D eigenvalue weighted by atomic mass is 10.2. The Balaban J connectivity index is 2.26. The smallest absolute Gasteiger partial charge is 0.259 e. The number of carbonyl (C=O) groups is 1. The summed E-state index contributed by atoms with van der Waals surface area (Å²) in [5.41, 5.74) is 3.33. The van der Waals surface area contributed by atoms with E-state index in [4.69, 9.17) is 10.6 Å². The van der Waals surface area contributed by atoms with Crippen molar-refractivity contribution < 1.29 is 9.53 Å². The highest BCUT2D eigenvalue weighted by atomic mass is 16.5. The van der Waals surface area contributed by atoms with Crippen molar-refractivity contribution in [3.63, 3.8) is 0 Å². The van der Waals surface area contributed by atoms with Crippen molar-refractivity contribution in [3.05, 3.63) is 48.2 Å². The van der Waals surface area contributed by atoms with Crippen LogP contribution in [-0.4, -0.2) is 18.0 Å². The van der Waals surface area contributed by atoms with Gasteiger partial charge in [0.2, 0.25) is 0 Å². The molecule has 1 heterocycles. The topological polar surface area (TPSA) is 89.3 Å². The number of nitrogens with zero attached hydrogens (tertiary/aromatic N) is 1. The molecule has 0 atom stereocenters. The normalized spacial score (nSPS) is 9.79. The molecule has 98 valence electrons. The van der Waals surface area contributed by atoms with Gasteiger partial charge in [0.05, 0.1) is 18.4 Å². The number of carbonyl (C=O) groups excluding carboxylic acids is 1. The van der Waals surface area contributed by atoms with Crippen LogP contribution in [0.25, 0.3) is 0 Å². The lowest BCUT2D eigenvalue weighted by molar-refractivity contribution is 0.102. The van der Waals surface area contributed by atoms with Gasteiger partial charge in [-0.2, -0.15) is 0 Å². The minimum Gasteiger partial charge on any atom is -0.495 e. The van der Waals surface area contributed by atoms with E-state index in [0.29, 0.717) is 22.8 Å². The largest absolute Gasteiger partial charge is 0.495 e. The van der Waals surface area contributed by atoms with Crippen LogP contribution in [0.5, 0.6) is 5.75 Å². The predicted octanol–water partition coefficient (Wildman–Crippen LogP) is 1.63. The summed E-state index contributed by atoms with van der Waals surface area (Å²) in [7, 11) is 1.54. The summed E-state index contributed by atoms with van der Waals surface area (Å²) in [5.74, 6) is 5.91. The standard InChI is InChI=1S/C13H14N4O2/c1-19-11-7-3-2-6-10(11)16-13(18)9-5-4-8-15-12(9)17-14/h2-8H,14H2,1H3,(H,15,17)(H,16,18). The zero-order chi connectivity index (χ0) is 13.7. The first-order chi connectivity index (χ1) is 9.26. The lowest BCUT2D eigenvalue weighted by Gasteiger charge is -2.11. The highest BCUT2D eigenvalue weighted by molar-refractivity contribution is 6.08. The van der Waals surface area contributed by atoms with Gasteiger partial charge in [-0.15, -0.1) is 0 Å². The van der Waals surface area contributed by atoms with E-state index in [1.807, 2.05) is 12.1 Å². The second kappa shape index (κ2) is 5.83. The van der Waals surface area contributed by atoms with Crippen LogP contribution in [-0.2, 0) is 0 Å². The van der Waals surface area contributed by atoms with Gasteiger partial charge in [-0.05, 0) is 24.3 Å². The molecule has 6 nitrogen and oxygen atoms in total. The van der Waals surface area contributed by atoms with E-state index in [0.717, 1.165) is 0 Å². The monoisotopic (exact) mass is 258 g/mol. The Morgan fingerprint density at radius 1 is 1.26 bits per heavy atom. The molecule has 19 heavy (non-hydrogen) atoms. The Morgan fingerprint density at radius 2 is 2.05 bits per heavy atom. The molecule has 1 aromatic carbocycles. The molecular weight excluding hydrogens is 244 g/mol. The molecule has 1 aromatic heterocycles. The van der Waals surface area contributed by atoms with Gasteiger partial charge in [0.25, 0.3) is 5.91 Å². The van der Waals surface area contributed by atoms with Crippen LogP contribution in [0, 0.1) is 0 Å². The summed E-state index contributed by atoms with van der Waals surface area (Å²) in [4.78, 5) is 16.1. The maximum atomic E-state index is 12.2. The number of benzene rings is 1. The molecule has 0 bridgehead atoms. The van der Waals surface area contributed by atoms with E-state index in [2.05, 4.69) is 15.7 Å². The Kier molecular flexibility index (Phi) is 3.94. The van der Waals surface area contributed by atoms with Crippen molar-refractivity contribution in [2.24, 2.45) is 5.84 Å². The summed E-state index contributed by atoms with van der Waals surface area (Å²) in [6.07, 6.45) is 1.55. The zero-order valence-corrected chi connectivity index (χ0v) is 10.4. The fourth-order valence-electron chi connectivity index (χ4n) is 1.64. The van der Waals surface area contributed by atoms with Gasteiger partial charge in [0.15, 0.2) is 5.82 Å². The van der Waals surface area contributed by atoms with Crippen molar-refractivity contribution in [2.45, 2.75) is 0 Å². The summed E-state index contributed by atoms with van der Waals surface area (Å²) in [5, 5.41) is 2.75. The number of anilines is 2. The number of ether oxygens (including phenoxy) is 1. The van der Waals surface area contributed by atoms with Gasteiger partial charge >= 0.3 is 0 Å². The number of hydrazine groups is 1. The molecule has 6 heteroatoms. The molecule has 0 unspecified atom stereocenters. The van der Waals surface area contributed by atoms with Gasteiger partial charge in [0.1, 0.15) is 5.75 Å². The van der Waals surface area contributed by atoms with Gasteiger partial charge in [-0.1, -0.05) is 12.1 Å². The lowest BCUT2D eigenvalue weighted by Crippen LogP contribution is -2.18. The number of amides is 1. The molecule has 0 radical (unpaired) electrons. The summed E-state index contributed by atoms with van der Waals surface area (Å²) in [6, 6.07) is 10.4. The number of nitrogens with two attached hydrogens (primary N) is 1. The number of rotatable bonds is 4. The van der Waals surface area contributed by atoms with E-state index in [9.17, 15) is 4.79 Å². The van der Waals surface area contributed by atoms with Crippen LogP contribution in [0.1, 0.15) is 10.4 Å². The molecular formula is C13H14N4O2. The van der Waals surface area contributed by atoms with Crippen molar-refractivity contribution in [1.82, 2.24) is 4.98 Å². The minimum absolute atomic E-state index is 0.314. The third-order valence-corrected chi connectivity index (χ3v) is 2.54. The highest BCUT2D eigenvalue weighted by Gasteiger charge is 2.13. The molecule has 2 rings (SSSR count). The van der Waals surface area contributed by atoms with Gasteiger partial charge in [-0.3, -0.25) is 4.79 Å². The van der Waals surface area contributed by atoms with Gasteiger partial charge < -0.3 is 15.5 Å². The van der Waals surface area contributed by atoms with E-state index in [1.54, 1.807) is 37.6 Å². The fourth-order valence-corrected chi connectivity index (χ4v) is 1.64. The molecule has 0 fully saturated rings. The second-order valence-corrected chi connectivity index (χ2v) is 3.70.